The standard InChI is InChI=1S/C25H17ClO5S/c1-32-16-8-4-13(5-9-16)17-10-21(28)31-20-11-19(27)23-24(29)18(12-30-25(23)22(17)20)14-2-6-15(26)7-3-14/h2-9,11-12,17,27H,10H2,1H3/t17-/m0/s1. The summed E-state index contributed by atoms with van der Waals surface area (Å²) < 4.78 is 11.3. The molecule has 1 aliphatic rings. The highest BCUT2D eigenvalue weighted by Gasteiger charge is 2.33. The first-order valence-electron chi connectivity index (χ1n) is 9.88. The van der Waals surface area contributed by atoms with Gasteiger partial charge in [-0.25, -0.2) is 0 Å². The van der Waals surface area contributed by atoms with Crippen LogP contribution in [0.5, 0.6) is 11.5 Å². The minimum absolute atomic E-state index is 0.0554. The molecule has 1 N–H and O–H groups in total. The summed E-state index contributed by atoms with van der Waals surface area (Å²) in [6.45, 7) is 0. The molecule has 3 aromatic carbocycles. The van der Waals surface area contributed by atoms with E-state index < -0.39 is 5.97 Å². The number of phenols is 1. The smallest absolute Gasteiger partial charge is 0.312 e. The Hall–Kier alpha value is -3.22. The van der Waals surface area contributed by atoms with Gasteiger partial charge in [0.25, 0.3) is 0 Å². The molecule has 1 atom stereocenters. The Morgan fingerprint density at radius 1 is 1.06 bits per heavy atom. The van der Waals surface area contributed by atoms with Gasteiger partial charge in [0.2, 0.25) is 5.43 Å². The Bertz CT molecular complexity index is 1410. The second-order valence-corrected chi connectivity index (χ2v) is 8.82. The molecule has 5 nitrogen and oxygen atoms in total. The van der Waals surface area contributed by atoms with Crippen molar-refractivity contribution in [2.24, 2.45) is 0 Å². The SMILES string of the molecule is CSc1ccc([C@@H]2CC(=O)Oc3cc(O)c4c(=O)c(-c5ccc(Cl)cc5)coc4c32)cc1. The number of esters is 1. The fourth-order valence-corrected chi connectivity index (χ4v) is 4.62. The number of carbonyl (C=O) groups is 1. The quantitative estimate of drug-likeness (QED) is 0.228. The van der Waals surface area contributed by atoms with Crippen LogP contribution < -0.4 is 10.2 Å². The number of hydrogen-bond donors (Lipinski definition) is 1. The second kappa shape index (κ2) is 8.04. The molecule has 160 valence electrons. The first-order valence-corrected chi connectivity index (χ1v) is 11.5. The number of phenolic OH excluding ortho intramolecular Hbond substituents is 1. The lowest BCUT2D eigenvalue weighted by Gasteiger charge is -2.26. The lowest BCUT2D eigenvalue weighted by Crippen LogP contribution is -2.22. The predicted molar refractivity (Wildman–Crippen MR) is 125 cm³/mol. The van der Waals surface area contributed by atoms with Crippen molar-refractivity contribution < 1.29 is 19.1 Å². The van der Waals surface area contributed by atoms with E-state index in [1.54, 1.807) is 36.0 Å². The summed E-state index contributed by atoms with van der Waals surface area (Å²) in [5.41, 5.74) is 2.25. The van der Waals surface area contributed by atoms with E-state index in [0.29, 0.717) is 21.7 Å². The summed E-state index contributed by atoms with van der Waals surface area (Å²) in [5, 5.41) is 11.3. The number of benzene rings is 3. The molecule has 0 saturated carbocycles. The lowest BCUT2D eigenvalue weighted by molar-refractivity contribution is -0.135. The molecular formula is C25H17ClO5S. The zero-order chi connectivity index (χ0) is 22.4. The number of rotatable bonds is 3. The predicted octanol–water partition coefficient (Wildman–Crippen LogP) is 5.98. The summed E-state index contributed by atoms with van der Waals surface area (Å²) in [5.74, 6) is -0.868. The molecule has 32 heavy (non-hydrogen) atoms. The van der Waals surface area contributed by atoms with Crippen molar-refractivity contribution in [3.8, 4) is 22.6 Å². The molecule has 0 fully saturated rings. The van der Waals surface area contributed by atoms with Gasteiger partial charge < -0.3 is 14.3 Å². The van der Waals surface area contributed by atoms with Crippen LogP contribution in [0.4, 0.5) is 0 Å². The molecule has 0 unspecified atom stereocenters. The molecule has 1 aliphatic heterocycles. The van der Waals surface area contributed by atoms with Crippen molar-refractivity contribution in [1.29, 1.82) is 0 Å². The van der Waals surface area contributed by atoms with E-state index in [-0.39, 0.29) is 40.2 Å². The third-order valence-electron chi connectivity index (χ3n) is 5.64. The van der Waals surface area contributed by atoms with E-state index in [1.165, 1.54) is 12.3 Å². The zero-order valence-electron chi connectivity index (χ0n) is 16.9. The van der Waals surface area contributed by atoms with Crippen LogP contribution in [-0.4, -0.2) is 17.3 Å². The van der Waals surface area contributed by atoms with Crippen LogP contribution in [-0.2, 0) is 4.79 Å². The number of fused-ring (bicyclic) bond motifs is 3. The molecule has 0 spiro atoms. The Morgan fingerprint density at radius 3 is 2.47 bits per heavy atom. The van der Waals surface area contributed by atoms with Gasteiger partial charge in [-0.05, 0) is 41.6 Å². The Morgan fingerprint density at radius 2 is 1.78 bits per heavy atom. The number of hydrogen-bond acceptors (Lipinski definition) is 6. The molecule has 0 bridgehead atoms. The van der Waals surface area contributed by atoms with Crippen LogP contribution in [0.1, 0.15) is 23.5 Å². The van der Waals surface area contributed by atoms with Crippen molar-refractivity contribution in [1.82, 2.24) is 0 Å². The average Bonchev–Trinajstić information content (AvgIpc) is 2.79. The molecular weight excluding hydrogens is 448 g/mol. The van der Waals surface area contributed by atoms with Gasteiger partial charge in [0.05, 0.1) is 12.0 Å². The largest absolute Gasteiger partial charge is 0.507 e. The Balaban J connectivity index is 1.74. The van der Waals surface area contributed by atoms with Gasteiger partial charge in [0, 0.05) is 27.5 Å². The summed E-state index contributed by atoms with van der Waals surface area (Å²) in [4.78, 5) is 26.7. The van der Waals surface area contributed by atoms with Crippen LogP contribution in [0, 0.1) is 0 Å². The Labute approximate surface area is 192 Å². The van der Waals surface area contributed by atoms with Gasteiger partial charge in [0.1, 0.15) is 28.7 Å². The maximum Gasteiger partial charge on any atom is 0.312 e. The summed E-state index contributed by atoms with van der Waals surface area (Å²) >= 11 is 7.58. The Kier molecular flexibility index (Phi) is 5.19. The monoisotopic (exact) mass is 464 g/mol. The van der Waals surface area contributed by atoms with Crippen molar-refractivity contribution in [3.63, 3.8) is 0 Å². The fourth-order valence-electron chi connectivity index (χ4n) is 4.08. The maximum atomic E-state index is 13.3. The number of halogens is 1. The molecule has 2 heterocycles. The third kappa shape index (κ3) is 3.45. The number of thioether (sulfide) groups is 1. The molecule has 5 rings (SSSR count). The molecule has 7 heteroatoms. The van der Waals surface area contributed by atoms with Crippen LogP contribution in [0.25, 0.3) is 22.1 Å². The van der Waals surface area contributed by atoms with E-state index >= 15 is 0 Å². The summed E-state index contributed by atoms with van der Waals surface area (Å²) in [6.07, 6.45) is 3.47. The number of carbonyl (C=O) groups excluding carboxylic acids is 1. The van der Waals surface area contributed by atoms with Crippen LogP contribution in [0.3, 0.4) is 0 Å². The van der Waals surface area contributed by atoms with Crippen molar-refractivity contribution in [2.75, 3.05) is 6.26 Å². The lowest BCUT2D eigenvalue weighted by atomic mass is 9.85. The van der Waals surface area contributed by atoms with Gasteiger partial charge in [-0.2, -0.15) is 0 Å². The summed E-state index contributed by atoms with van der Waals surface area (Å²) in [7, 11) is 0. The minimum atomic E-state index is -0.407. The van der Waals surface area contributed by atoms with E-state index in [9.17, 15) is 14.7 Å². The maximum absolute atomic E-state index is 13.3. The van der Waals surface area contributed by atoms with Crippen molar-refractivity contribution >= 4 is 40.3 Å². The van der Waals surface area contributed by atoms with Crippen molar-refractivity contribution in [2.45, 2.75) is 17.2 Å². The zero-order valence-corrected chi connectivity index (χ0v) is 18.5. The fraction of sp³-hybridized carbons (Fsp3) is 0.120. The first kappa shape index (κ1) is 20.7. The molecule has 0 aliphatic carbocycles. The third-order valence-corrected chi connectivity index (χ3v) is 6.64. The highest BCUT2D eigenvalue weighted by molar-refractivity contribution is 7.98. The van der Waals surface area contributed by atoms with Gasteiger partial charge in [-0.3, -0.25) is 9.59 Å². The average molecular weight is 465 g/mol. The number of aromatic hydroxyl groups is 1. The normalized spacial score (nSPS) is 15.4. The molecule has 0 saturated heterocycles. The van der Waals surface area contributed by atoms with Gasteiger partial charge >= 0.3 is 5.97 Å². The van der Waals surface area contributed by atoms with Crippen LogP contribution in [0.15, 0.2) is 75.0 Å². The van der Waals surface area contributed by atoms with E-state index in [4.69, 9.17) is 20.8 Å². The topological polar surface area (TPSA) is 76.7 Å². The van der Waals surface area contributed by atoms with E-state index in [1.807, 2.05) is 30.5 Å². The van der Waals surface area contributed by atoms with Crippen LogP contribution in [0.2, 0.25) is 5.02 Å². The van der Waals surface area contributed by atoms with Crippen LogP contribution >= 0.6 is 23.4 Å². The first-order chi connectivity index (χ1) is 15.5. The highest BCUT2D eigenvalue weighted by atomic mass is 35.5. The van der Waals surface area contributed by atoms with E-state index in [2.05, 4.69) is 0 Å². The second-order valence-electron chi connectivity index (χ2n) is 7.50. The molecule has 0 radical (unpaired) electrons. The molecule has 4 aromatic rings. The highest BCUT2D eigenvalue weighted by Crippen LogP contribution is 2.45. The molecule has 1 aromatic heterocycles. The van der Waals surface area contributed by atoms with E-state index in [0.717, 1.165) is 10.5 Å². The molecule has 0 amide bonds. The summed E-state index contributed by atoms with van der Waals surface area (Å²) in [6, 6.07) is 16.0. The van der Waals surface area contributed by atoms with Gasteiger partial charge in [-0.1, -0.05) is 35.9 Å². The van der Waals surface area contributed by atoms with Gasteiger partial charge in [0.15, 0.2) is 0 Å². The number of ether oxygens (including phenoxy) is 1. The van der Waals surface area contributed by atoms with Crippen molar-refractivity contribution in [3.05, 3.63) is 87.2 Å². The van der Waals surface area contributed by atoms with Gasteiger partial charge in [-0.15, -0.1) is 11.8 Å². The minimum Gasteiger partial charge on any atom is -0.507 e.